The number of aryl methyl sites for hydroxylation is 1. The molecule has 0 spiro atoms. The van der Waals surface area contributed by atoms with Gasteiger partial charge in [0.1, 0.15) is 0 Å². The normalized spacial score (nSPS) is 18.6. The number of anilines is 1. The van der Waals surface area contributed by atoms with Crippen molar-refractivity contribution in [1.29, 1.82) is 0 Å². The van der Waals surface area contributed by atoms with Crippen molar-refractivity contribution >= 4 is 23.1 Å². The molecule has 1 saturated heterocycles. The number of benzene rings is 1. The van der Waals surface area contributed by atoms with E-state index in [-0.39, 0.29) is 53.0 Å². The molecule has 2 N–H and O–H groups in total. The Bertz CT molecular complexity index is 1160. The summed E-state index contributed by atoms with van der Waals surface area (Å²) in [7, 11) is 0. The zero-order valence-electron chi connectivity index (χ0n) is 23.1. The van der Waals surface area contributed by atoms with Crippen molar-refractivity contribution in [3.63, 3.8) is 0 Å². The van der Waals surface area contributed by atoms with Gasteiger partial charge in [0.25, 0.3) is 5.91 Å². The average molecular weight is 516 g/mol. The molecule has 0 bridgehead atoms. The van der Waals surface area contributed by atoms with Gasteiger partial charge in [0.15, 0.2) is 5.82 Å². The van der Waals surface area contributed by atoms with E-state index < -0.39 is 5.97 Å². The van der Waals surface area contributed by atoms with E-state index in [1.165, 1.54) is 11.1 Å². The van der Waals surface area contributed by atoms with Crippen LogP contribution in [0.3, 0.4) is 0 Å². The smallest absolute Gasteiger partial charge is 0.549 e. The molecule has 0 atom stereocenters. The number of carbonyl (C=O) groups is 2. The van der Waals surface area contributed by atoms with Crippen LogP contribution in [0, 0.1) is 12.3 Å². The maximum Gasteiger partial charge on any atom is 1.00 e. The zero-order valence-corrected chi connectivity index (χ0v) is 25.1. The number of H-pyrrole nitrogens is 1. The second-order valence-corrected chi connectivity index (χ2v) is 11.4. The number of imidazole rings is 1. The maximum atomic E-state index is 12.9. The molecule has 2 heterocycles. The average Bonchev–Trinajstić information content (AvgIpc) is 3.26. The summed E-state index contributed by atoms with van der Waals surface area (Å²) in [6.45, 7) is 13.8. The van der Waals surface area contributed by atoms with Crippen LogP contribution < -0.4 is 40.0 Å². The van der Waals surface area contributed by atoms with Crippen molar-refractivity contribution in [3.8, 4) is 0 Å². The molecule has 9 heteroatoms. The molecule has 0 unspecified atom stereocenters. The predicted molar refractivity (Wildman–Crippen MR) is 139 cm³/mol. The van der Waals surface area contributed by atoms with E-state index in [1.807, 2.05) is 17.9 Å². The molecule has 2 aromatic rings. The van der Waals surface area contributed by atoms with Crippen LogP contribution in [-0.2, 0) is 10.3 Å². The number of carbonyl (C=O) groups excluding carboxylic acids is 2. The van der Waals surface area contributed by atoms with E-state index in [0.717, 1.165) is 49.3 Å². The van der Waals surface area contributed by atoms with Crippen LogP contribution in [0.25, 0.3) is 5.57 Å². The predicted octanol–water partition coefficient (Wildman–Crippen LogP) is 0.171. The first kappa shape index (κ1) is 29.6. The fourth-order valence-electron chi connectivity index (χ4n) is 5.16. The van der Waals surface area contributed by atoms with Gasteiger partial charge in [-0.15, -0.1) is 0 Å². The van der Waals surface area contributed by atoms with E-state index in [2.05, 4.69) is 66.1 Å². The van der Waals surface area contributed by atoms with E-state index in [9.17, 15) is 14.7 Å². The summed E-state index contributed by atoms with van der Waals surface area (Å²) < 4.78 is 0. The van der Waals surface area contributed by atoms with Gasteiger partial charge in [-0.2, -0.15) is 0 Å². The van der Waals surface area contributed by atoms with E-state index >= 15 is 0 Å². The molecule has 1 aliphatic carbocycles. The van der Waals surface area contributed by atoms with Gasteiger partial charge in [-0.05, 0) is 68.7 Å². The SMILES string of the molecule is Cc1cnc(C(=O)Nc2ccc(C(C)(C)N3CCN(CC(=O)[O-])CC3)cc2C2=CCC(C)(C)CC2)[nH]1.[Na+]. The van der Waals surface area contributed by atoms with Crippen molar-refractivity contribution in [3.05, 3.63) is 53.1 Å². The Morgan fingerprint density at radius 2 is 1.89 bits per heavy atom. The molecule has 0 saturated carbocycles. The van der Waals surface area contributed by atoms with E-state index in [1.54, 1.807) is 6.20 Å². The first-order chi connectivity index (χ1) is 16.9. The Morgan fingerprint density at radius 3 is 2.46 bits per heavy atom. The Hall–Kier alpha value is -1.97. The standard InChI is InChI=1S/C28H39N5O3.Na/c1-19-17-29-25(30-19)26(36)31-23-7-6-21(16-22(23)20-8-10-27(2,3)11-9-20)28(4,5)33-14-12-32(13-15-33)18-24(34)35;/h6-8,16-17H,9-15,18H2,1-5H3,(H,29,30)(H,31,36)(H,34,35);/q;+1/p-1. The summed E-state index contributed by atoms with van der Waals surface area (Å²) in [5.74, 6) is -0.980. The van der Waals surface area contributed by atoms with Gasteiger partial charge in [0, 0.05) is 61.4 Å². The molecule has 1 aromatic heterocycles. The Labute approximate surface area is 242 Å². The summed E-state index contributed by atoms with van der Waals surface area (Å²) in [6, 6.07) is 6.32. The van der Waals surface area contributed by atoms with Crippen LogP contribution in [-0.4, -0.2) is 64.4 Å². The number of aromatic nitrogens is 2. The molecule has 8 nitrogen and oxygen atoms in total. The minimum absolute atomic E-state index is 0. The number of carboxylic acid groups (broad SMARTS) is 1. The number of nitrogens with zero attached hydrogens (tertiary/aromatic N) is 3. The molecule has 1 aliphatic heterocycles. The van der Waals surface area contributed by atoms with Crippen molar-refractivity contribution in [1.82, 2.24) is 19.8 Å². The third kappa shape index (κ3) is 7.12. The van der Waals surface area contributed by atoms with Crippen molar-refractivity contribution in [2.24, 2.45) is 5.41 Å². The minimum Gasteiger partial charge on any atom is -0.549 e. The topological polar surface area (TPSA) is 104 Å². The third-order valence-electron chi connectivity index (χ3n) is 7.73. The van der Waals surface area contributed by atoms with Crippen LogP contribution >= 0.6 is 0 Å². The fraction of sp³-hybridized carbons (Fsp3) is 0.536. The molecular formula is C28H38N5NaO3. The van der Waals surface area contributed by atoms with Gasteiger partial charge >= 0.3 is 29.6 Å². The second kappa shape index (κ2) is 11.8. The Kier molecular flexibility index (Phi) is 9.46. The summed E-state index contributed by atoms with van der Waals surface area (Å²) in [5.41, 5.74) is 5.15. The van der Waals surface area contributed by atoms with Gasteiger partial charge in [0.05, 0.1) is 5.97 Å². The Morgan fingerprint density at radius 1 is 1.19 bits per heavy atom. The summed E-state index contributed by atoms with van der Waals surface area (Å²) in [4.78, 5) is 35.4. The number of aliphatic carboxylic acids is 1. The maximum absolute atomic E-state index is 12.9. The molecule has 194 valence electrons. The summed E-state index contributed by atoms with van der Waals surface area (Å²) in [6.07, 6.45) is 7.03. The van der Waals surface area contributed by atoms with Crippen LogP contribution in [0.4, 0.5) is 5.69 Å². The molecule has 0 radical (unpaired) electrons. The molecular weight excluding hydrogens is 477 g/mol. The van der Waals surface area contributed by atoms with Crippen molar-refractivity contribution in [2.75, 3.05) is 38.0 Å². The number of rotatable bonds is 7. The minimum atomic E-state index is -1.03. The second-order valence-electron chi connectivity index (χ2n) is 11.4. The monoisotopic (exact) mass is 515 g/mol. The molecule has 1 amide bonds. The summed E-state index contributed by atoms with van der Waals surface area (Å²) in [5, 5.41) is 14.1. The third-order valence-corrected chi connectivity index (χ3v) is 7.73. The first-order valence-corrected chi connectivity index (χ1v) is 12.8. The van der Waals surface area contributed by atoms with Gasteiger partial charge < -0.3 is 20.2 Å². The molecule has 1 aromatic carbocycles. The van der Waals surface area contributed by atoms with Crippen LogP contribution in [0.5, 0.6) is 0 Å². The largest absolute Gasteiger partial charge is 1.00 e. The number of amides is 1. The van der Waals surface area contributed by atoms with Crippen LogP contribution in [0.15, 0.2) is 30.5 Å². The van der Waals surface area contributed by atoms with Crippen LogP contribution in [0.2, 0.25) is 0 Å². The van der Waals surface area contributed by atoms with Gasteiger partial charge in [-0.1, -0.05) is 26.0 Å². The first-order valence-electron chi connectivity index (χ1n) is 12.8. The number of hydrogen-bond donors (Lipinski definition) is 2. The van der Waals surface area contributed by atoms with Crippen molar-refractivity contribution < 1.29 is 44.3 Å². The molecule has 4 rings (SSSR count). The molecule has 1 fully saturated rings. The molecule has 37 heavy (non-hydrogen) atoms. The quantitative estimate of drug-likeness (QED) is 0.510. The fourth-order valence-corrected chi connectivity index (χ4v) is 5.16. The van der Waals surface area contributed by atoms with Gasteiger partial charge in [-0.25, -0.2) is 4.98 Å². The number of allylic oxidation sites excluding steroid dienone is 2. The molecule has 2 aliphatic rings. The van der Waals surface area contributed by atoms with Gasteiger partial charge in [-0.3, -0.25) is 14.6 Å². The number of nitrogens with one attached hydrogen (secondary N) is 2. The number of carboxylic acids is 1. The summed E-state index contributed by atoms with van der Waals surface area (Å²) >= 11 is 0. The number of piperazine rings is 1. The van der Waals surface area contributed by atoms with Crippen LogP contribution in [0.1, 0.15) is 74.4 Å². The van der Waals surface area contributed by atoms with Crippen molar-refractivity contribution in [2.45, 2.75) is 59.4 Å². The zero-order chi connectivity index (χ0) is 26.1. The van der Waals surface area contributed by atoms with E-state index in [0.29, 0.717) is 18.9 Å². The number of aromatic amines is 1. The van der Waals surface area contributed by atoms with Gasteiger partial charge in [0.2, 0.25) is 0 Å². The van der Waals surface area contributed by atoms with E-state index in [4.69, 9.17) is 0 Å². The number of hydrogen-bond acceptors (Lipinski definition) is 6. The Balaban J connectivity index is 0.00000380.